The molecule has 11 nitrogen and oxygen atoms in total. The molecule has 1 saturated heterocycles. The van der Waals surface area contributed by atoms with Gasteiger partial charge in [0.25, 0.3) is 0 Å². The van der Waals surface area contributed by atoms with E-state index in [0.29, 0.717) is 5.01 Å². The van der Waals surface area contributed by atoms with Crippen LogP contribution in [0.3, 0.4) is 0 Å². The zero-order chi connectivity index (χ0) is 16.9. The molecule has 0 saturated carbocycles. The van der Waals surface area contributed by atoms with E-state index in [1.54, 1.807) is 6.92 Å². The summed E-state index contributed by atoms with van der Waals surface area (Å²) in [6, 6.07) is -1.01. The second-order valence-corrected chi connectivity index (χ2v) is 4.59. The number of urea groups is 1. The van der Waals surface area contributed by atoms with Crippen LogP contribution in [0.5, 0.6) is 0 Å². The van der Waals surface area contributed by atoms with Crippen LogP contribution in [0.25, 0.3) is 0 Å². The van der Waals surface area contributed by atoms with Gasteiger partial charge in [-0.05, 0) is 13.8 Å². The SMILES string of the molecule is CCO[C@H]1O[C@H](C(O)NC(=O)N(CC)N=O)[C@@H](O)[C@H](O)[C@H]1O. The minimum Gasteiger partial charge on any atom is -0.387 e. The maximum absolute atomic E-state index is 11.6. The van der Waals surface area contributed by atoms with Gasteiger partial charge in [0.15, 0.2) is 12.5 Å². The number of nitroso groups, excluding NO2 is 1. The summed E-state index contributed by atoms with van der Waals surface area (Å²) in [5.74, 6) is 0. The van der Waals surface area contributed by atoms with Crippen LogP contribution in [0.1, 0.15) is 13.8 Å². The van der Waals surface area contributed by atoms with Crippen molar-refractivity contribution in [3.05, 3.63) is 4.91 Å². The number of aliphatic hydroxyl groups excluding tert-OH is 4. The number of nitrogens with zero attached hydrogens (tertiary/aromatic N) is 2. The van der Waals surface area contributed by atoms with Crippen molar-refractivity contribution in [3.8, 4) is 0 Å². The highest BCUT2D eigenvalue weighted by Gasteiger charge is 2.47. The lowest BCUT2D eigenvalue weighted by Gasteiger charge is -2.41. The zero-order valence-corrected chi connectivity index (χ0v) is 12.2. The van der Waals surface area contributed by atoms with Crippen molar-refractivity contribution in [2.75, 3.05) is 13.2 Å². The predicted octanol–water partition coefficient (Wildman–Crippen LogP) is -2.14. The number of hydrogen-bond donors (Lipinski definition) is 5. The lowest BCUT2D eigenvalue weighted by Crippen LogP contribution is -2.64. The van der Waals surface area contributed by atoms with Crippen LogP contribution >= 0.6 is 0 Å². The van der Waals surface area contributed by atoms with Crippen molar-refractivity contribution in [3.63, 3.8) is 0 Å². The fourth-order valence-electron chi connectivity index (χ4n) is 1.96. The Morgan fingerprint density at radius 2 is 1.95 bits per heavy atom. The normalized spacial score (nSPS) is 33.1. The lowest BCUT2D eigenvalue weighted by molar-refractivity contribution is -0.310. The Morgan fingerprint density at radius 3 is 2.45 bits per heavy atom. The van der Waals surface area contributed by atoms with Gasteiger partial charge in [-0.2, -0.15) is 5.01 Å². The number of carbonyl (C=O) groups excluding carboxylic acids is 1. The van der Waals surface area contributed by atoms with Gasteiger partial charge in [-0.1, -0.05) is 0 Å². The lowest BCUT2D eigenvalue weighted by atomic mass is 9.98. The van der Waals surface area contributed by atoms with E-state index in [1.807, 2.05) is 5.32 Å². The largest absolute Gasteiger partial charge is 0.387 e. The maximum atomic E-state index is 11.6. The van der Waals surface area contributed by atoms with Crippen LogP contribution in [0.15, 0.2) is 5.29 Å². The number of rotatable bonds is 6. The molecule has 0 aromatic carbocycles. The molecule has 1 aliphatic heterocycles. The average molecular weight is 323 g/mol. The minimum absolute atomic E-state index is 0.0287. The molecule has 11 heteroatoms. The fraction of sp³-hybridized carbons (Fsp3) is 0.909. The van der Waals surface area contributed by atoms with Gasteiger partial charge in [0, 0.05) is 13.2 Å². The van der Waals surface area contributed by atoms with E-state index in [1.165, 1.54) is 6.92 Å². The molecule has 6 atom stereocenters. The molecule has 128 valence electrons. The summed E-state index contributed by atoms with van der Waals surface area (Å²) in [5, 5.41) is 44.1. The molecule has 0 spiro atoms. The van der Waals surface area contributed by atoms with Crippen molar-refractivity contribution in [1.29, 1.82) is 0 Å². The van der Waals surface area contributed by atoms with E-state index in [4.69, 9.17) is 9.47 Å². The van der Waals surface area contributed by atoms with Gasteiger partial charge in [-0.3, -0.25) is 0 Å². The molecular formula is C11H21N3O8. The first-order valence-electron chi connectivity index (χ1n) is 6.77. The van der Waals surface area contributed by atoms with Crippen molar-refractivity contribution in [2.45, 2.75) is 50.8 Å². The van der Waals surface area contributed by atoms with Gasteiger partial charge in [-0.25, -0.2) is 4.79 Å². The molecule has 1 aliphatic rings. The summed E-state index contributed by atoms with van der Waals surface area (Å²) in [6.45, 7) is 3.23. The highest BCUT2D eigenvalue weighted by molar-refractivity contribution is 5.73. The van der Waals surface area contributed by atoms with E-state index < -0.39 is 43.0 Å². The highest BCUT2D eigenvalue weighted by Crippen LogP contribution is 2.23. The van der Waals surface area contributed by atoms with E-state index in [0.717, 1.165) is 0 Å². The van der Waals surface area contributed by atoms with Gasteiger partial charge in [0.2, 0.25) is 0 Å². The van der Waals surface area contributed by atoms with Crippen LogP contribution in [0.2, 0.25) is 0 Å². The number of hydrogen-bond acceptors (Lipinski definition) is 9. The Labute approximate surface area is 126 Å². The van der Waals surface area contributed by atoms with Crippen LogP contribution in [0, 0.1) is 4.91 Å². The Morgan fingerprint density at radius 1 is 1.32 bits per heavy atom. The smallest absolute Gasteiger partial charge is 0.342 e. The number of amides is 2. The molecule has 0 bridgehead atoms. The Bertz CT molecular complexity index is 384. The number of nitrogens with one attached hydrogen (secondary N) is 1. The summed E-state index contributed by atoms with van der Waals surface area (Å²) < 4.78 is 10.2. The van der Waals surface area contributed by atoms with Gasteiger partial charge in [0.05, 0.1) is 5.29 Å². The maximum Gasteiger partial charge on any atom is 0.342 e. The first kappa shape index (κ1) is 18.7. The minimum atomic E-state index is -1.76. The summed E-state index contributed by atoms with van der Waals surface area (Å²) in [5.41, 5.74) is 0. The third-order valence-corrected chi connectivity index (χ3v) is 3.15. The van der Waals surface area contributed by atoms with E-state index in [-0.39, 0.29) is 13.2 Å². The first-order chi connectivity index (χ1) is 10.4. The fourth-order valence-corrected chi connectivity index (χ4v) is 1.96. The zero-order valence-electron chi connectivity index (χ0n) is 12.2. The molecule has 1 fully saturated rings. The number of ether oxygens (including phenoxy) is 2. The summed E-state index contributed by atoms with van der Waals surface area (Å²) in [6.07, 6.45) is -9.36. The Balaban J connectivity index is 2.75. The molecule has 22 heavy (non-hydrogen) atoms. The standard InChI is InChI=1S/C11H21N3O8/c1-3-14(13-20)11(19)12-9(18)8-6(16)5(15)7(17)10(22-8)21-4-2/h5-10,15-18H,3-4H2,1-2H3,(H,12,19)/t5-,6-,7+,8-,9?,10-/m0/s1. The van der Waals surface area contributed by atoms with Gasteiger partial charge < -0.3 is 35.2 Å². The Kier molecular flexibility index (Phi) is 7.06. The van der Waals surface area contributed by atoms with Gasteiger partial charge in [0.1, 0.15) is 24.4 Å². The van der Waals surface area contributed by atoms with Gasteiger partial charge >= 0.3 is 6.03 Å². The molecule has 0 radical (unpaired) electrons. The molecule has 1 heterocycles. The van der Waals surface area contributed by atoms with E-state index >= 15 is 0 Å². The van der Waals surface area contributed by atoms with Crippen molar-refractivity contribution >= 4 is 6.03 Å². The van der Waals surface area contributed by atoms with Crippen molar-refractivity contribution in [2.24, 2.45) is 5.29 Å². The third-order valence-electron chi connectivity index (χ3n) is 3.15. The van der Waals surface area contributed by atoms with E-state index in [9.17, 15) is 30.1 Å². The van der Waals surface area contributed by atoms with Crippen LogP contribution in [-0.2, 0) is 9.47 Å². The molecule has 0 aromatic heterocycles. The highest BCUT2D eigenvalue weighted by atomic mass is 16.7. The molecule has 1 unspecified atom stereocenters. The molecule has 0 aliphatic carbocycles. The second-order valence-electron chi connectivity index (χ2n) is 4.59. The molecular weight excluding hydrogens is 302 g/mol. The second kappa shape index (κ2) is 8.31. The first-order valence-corrected chi connectivity index (χ1v) is 6.77. The Hall–Kier alpha value is -1.37. The third kappa shape index (κ3) is 4.09. The number of aliphatic hydroxyl groups is 4. The summed E-state index contributed by atoms with van der Waals surface area (Å²) in [4.78, 5) is 22.0. The average Bonchev–Trinajstić information content (AvgIpc) is 2.49. The predicted molar refractivity (Wildman–Crippen MR) is 71.0 cm³/mol. The van der Waals surface area contributed by atoms with Crippen molar-refractivity contribution in [1.82, 2.24) is 10.3 Å². The van der Waals surface area contributed by atoms with Crippen LogP contribution < -0.4 is 5.32 Å². The molecule has 2 amide bonds. The van der Waals surface area contributed by atoms with Crippen LogP contribution in [-0.4, -0.2) is 81.6 Å². The molecule has 0 aromatic rings. The summed E-state index contributed by atoms with van der Waals surface area (Å²) in [7, 11) is 0. The quantitative estimate of drug-likeness (QED) is 0.210. The van der Waals surface area contributed by atoms with Gasteiger partial charge in [-0.15, -0.1) is 4.91 Å². The topological polar surface area (TPSA) is 161 Å². The molecule has 5 N–H and O–H groups in total. The summed E-state index contributed by atoms with van der Waals surface area (Å²) >= 11 is 0. The van der Waals surface area contributed by atoms with E-state index in [2.05, 4.69) is 5.29 Å². The monoisotopic (exact) mass is 323 g/mol. The molecule has 1 rings (SSSR count). The van der Waals surface area contributed by atoms with Crippen LogP contribution in [0.4, 0.5) is 4.79 Å². The number of carbonyl (C=O) groups is 1. The van der Waals surface area contributed by atoms with Crippen molar-refractivity contribution < 1.29 is 34.7 Å².